The lowest BCUT2D eigenvalue weighted by Crippen LogP contribution is -2.38. The van der Waals surface area contributed by atoms with Crippen LogP contribution in [-0.2, 0) is 10.2 Å². The minimum absolute atomic E-state index is 0.180. The molecule has 7 nitrogen and oxygen atoms in total. The van der Waals surface area contributed by atoms with Crippen LogP contribution in [0.25, 0.3) is 5.69 Å². The molecule has 0 unspecified atom stereocenters. The summed E-state index contributed by atoms with van der Waals surface area (Å²) < 4.78 is 28.5. The van der Waals surface area contributed by atoms with E-state index in [-0.39, 0.29) is 17.6 Å². The van der Waals surface area contributed by atoms with Crippen molar-refractivity contribution in [2.45, 2.75) is 33.1 Å². The van der Waals surface area contributed by atoms with Crippen LogP contribution in [0.2, 0.25) is 0 Å². The number of rotatable bonds is 5. The van der Waals surface area contributed by atoms with Crippen LogP contribution < -0.4 is 10.6 Å². The summed E-state index contributed by atoms with van der Waals surface area (Å²) in [6.07, 6.45) is 0. The highest BCUT2D eigenvalue weighted by Gasteiger charge is 2.23. The molecule has 3 aromatic rings. The van der Waals surface area contributed by atoms with Crippen LogP contribution in [0.5, 0.6) is 0 Å². The number of carbonyl (C=O) groups excluding carboxylic acids is 2. The second kappa shape index (κ2) is 9.40. The van der Waals surface area contributed by atoms with Crippen LogP contribution in [0, 0.1) is 18.6 Å². The number of hydrogen-bond acceptors (Lipinski definition) is 3. The third kappa shape index (κ3) is 5.74. The number of aryl methyl sites for hydroxylation is 1. The van der Waals surface area contributed by atoms with Crippen LogP contribution in [-0.4, -0.2) is 40.2 Å². The van der Waals surface area contributed by atoms with Gasteiger partial charge in [-0.1, -0.05) is 39.0 Å². The Morgan fingerprint density at radius 2 is 1.76 bits per heavy atom. The number of hydrogen-bond donors (Lipinski definition) is 2. The molecule has 3 amide bonds. The number of para-hydroxylation sites is 1. The maximum Gasteiger partial charge on any atom is 0.322 e. The molecule has 0 aliphatic heterocycles. The molecule has 3 rings (SSSR count). The van der Waals surface area contributed by atoms with Gasteiger partial charge < -0.3 is 15.5 Å². The summed E-state index contributed by atoms with van der Waals surface area (Å²) in [6, 6.07) is 11.6. The van der Waals surface area contributed by atoms with Crippen LogP contribution in [0.3, 0.4) is 0 Å². The van der Waals surface area contributed by atoms with Crippen molar-refractivity contribution in [2.24, 2.45) is 0 Å². The molecule has 0 aliphatic rings. The van der Waals surface area contributed by atoms with Crippen LogP contribution in [0.15, 0.2) is 48.5 Å². The molecule has 1 heterocycles. The van der Waals surface area contributed by atoms with Crippen molar-refractivity contribution in [3.63, 3.8) is 0 Å². The van der Waals surface area contributed by atoms with E-state index in [2.05, 4.69) is 15.7 Å². The van der Waals surface area contributed by atoms with Gasteiger partial charge in [0.2, 0.25) is 5.91 Å². The van der Waals surface area contributed by atoms with Gasteiger partial charge in [-0.3, -0.25) is 4.79 Å². The van der Waals surface area contributed by atoms with E-state index in [1.54, 1.807) is 10.7 Å². The quantitative estimate of drug-likeness (QED) is 0.577. The highest BCUT2D eigenvalue weighted by atomic mass is 19.1. The fraction of sp³-hybridized carbons (Fsp3) is 0.292. The molecule has 0 radical (unpaired) electrons. The standard InChI is InChI=1S/C24H27F2N5O2/c1-15-8-6-7-9-19(15)31-21(13-20(29-31)24(2,3)4)28-22(32)14-30(5)23(33)27-18-11-10-16(25)12-17(18)26/h6-13H,14H2,1-5H3,(H,27,33)(H,28,32). The second-order valence-electron chi connectivity index (χ2n) is 8.82. The molecule has 2 aromatic carbocycles. The molecule has 0 saturated heterocycles. The summed E-state index contributed by atoms with van der Waals surface area (Å²) in [7, 11) is 1.40. The molecule has 0 fully saturated rings. The predicted molar refractivity (Wildman–Crippen MR) is 124 cm³/mol. The van der Waals surface area contributed by atoms with Crippen molar-refractivity contribution in [1.82, 2.24) is 14.7 Å². The molecule has 33 heavy (non-hydrogen) atoms. The zero-order valence-corrected chi connectivity index (χ0v) is 19.2. The molecule has 174 valence electrons. The lowest BCUT2D eigenvalue weighted by atomic mass is 9.92. The Labute approximate surface area is 191 Å². The SMILES string of the molecule is Cc1ccccc1-n1nc(C(C)(C)C)cc1NC(=O)CN(C)C(=O)Nc1ccc(F)cc1F. The largest absolute Gasteiger partial charge is 0.322 e. The number of carbonyl (C=O) groups is 2. The average Bonchev–Trinajstić information content (AvgIpc) is 3.14. The van der Waals surface area contributed by atoms with E-state index < -0.39 is 23.6 Å². The number of amides is 3. The number of urea groups is 1. The first-order valence-corrected chi connectivity index (χ1v) is 10.4. The minimum Gasteiger partial charge on any atom is -0.318 e. The van der Waals surface area contributed by atoms with Crippen molar-refractivity contribution in [3.8, 4) is 5.69 Å². The molecule has 2 N–H and O–H groups in total. The summed E-state index contributed by atoms with van der Waals surface area (Å²) in [4.78, 5) is 26.2. The van der Waals surface area contributed by atoms with E-state index in [4.69, 9.17) is 0 Å². The van der Waals surface area contributed by atoms with Crippen molar-refractivity contribution in [3.05, 3.63) is 71.4 Å². The van der Waals surface area contributed by atoms with Crippen molar-refractivity contribution in [1.29, 1.82) is 0 Å². The topological polar surface area (TPSA) is 79.3 Å². The van der Waals surface area contributed by atoms with Gasteiger partial charge in [0.15, 0.2) is 0 Å². The summed E-state index contributed by atoms with van der Waals surface area (Å²) in [5, 5.41) is 9.83. The summed E-state index contributed by atoms with van der Waals surface area (Å²) in [5.74, 6) is -1.64. The van der Waals surface area contributed by atoms with Crippen LogP contribution in [0.4, 0.5) is 25.1 Å². The summed E-state index contributed by atoms with van der Waals surface area (Å²) in [6.45, 7) is 7.73. The Kier molecular flexibility index (Phi) is 6.81. The fourth-order valence-electron chi connectivity index (χ4n) is 3.09. The van der Waals surface area contributed by atoms with Gasteiger partial charge in [0, 0.05) is 24.6 Å². The Morgan fingerprint density at radius 1 is 1.06 bits per heavy atom. The van der Waals surface area contributed by atoms with Gasteiger partial charge in [-0.2, -0.15) is 5.10 Å². The molecule has 0 aliphatic carbocycles. The monoisotopic (exact) mass is 455 g/mol. The maximum absolute atomic E-state index is 13.8. The first-order chi connectivity index (χ1) is 15.5. The molecule has 1 aromatic heterocycles. The van der Waals surface area contributed by atoms with Gasteiger partial charge in [-0.25, -0.2) is 18.3 Å². The Balaban J connectivity index is 1.76. The lowest BCUT2D eigenvalue weighted by molar-refractivity contribution is -0.116. The van der Waals surface area contributed by atoms with Crippen molar-refractivity contribution >= 4 is 23.4 Å². The maximum atomic E-state index is 13.8. The number of nitrogens with zero attached hydrogens (tertiary/aromatic N) is 3. The Morgan fingerprint density at radius 3 is 2.39 bits per heavy atom. The normalized spacial score (nSPS) is 11.2. The van der Waals surface area contributed by atoms with E-state index in [0.29, 0.717) is 11.9 Å². The number of benzene rings is 2. The van der Waals surface area contributed by atoms with E-state index >= 15 is 0 Å². The van der Waals surface area contributed by atoms with E-state index in [1.165, 1.54) is 7.05 Å². The third-order valence-electron chi connectivity index (χ3n) is 4.99. The lowest BCUT2D eigenvalue weighted by Gasteiger charge is -2.18. The predicted octanol–water partition coefficient (Wildman–Crippen LogP) is 4.86. The van der Waals surface area contributed by atoms with E-state index in [9.17, 15) is 18.4 Å². The molecule has 0 saturated carbocycles. The van der Waals surface area contributed by atoms with Gasteiger partial charge in [0.05, 0.1) is 17.1 Å². The Hall–Kier alpha value is -3.75. The number of halogens is 2. The third-order valence-corrected chi connectivity index (χ3v) is 4.99. The zero-order chi connectivity index (χ0) is 24.3. The van der Waals surface area contributed by atoms with Gasteiger partial charge >= 0.3 is 6.03 Å². The molecule has 0 spiro atoms. The average molecular weight is 456 g/mol. The molecular formula is C24H27F2N5O2. The second-order valence-corrected chi connectivity index (χ2v) is 8.82. The van der Waals surface area contributed by atoms with Gasteiger partial charge in [0.1, 0.15) is 24.0 Å². The summed E-state index contributed by atoms with van der Waals surface area (Å²) >= 11 is 0. The van der Waals surface area contributed by atoms with Gasteiger partial charge in [-0.15, -0.1) is 0 Å². The first-order valence-electron chi connectivity index (χ1n) is 10.4. The highest BCUT2D eigenvalue weighted by Crippen LogP contribution is 2.27. The smallest absolute Gasteiger partial charge is 0.318 e. The fourth-order valence-corrected chi connectivity index (χ4v) is 3.09. The molecule has 0 atom stereocenters. The van der Waals surface area contributed by atoms with Gasteiger partial charge in [-0.05, 0) is 30.7 Å². The number of anilines is 2. The highest BCUT2D eigenvalue weighted by molar-refractivity contribution is 5.96. The minimum atomic E-state index is -0.905. The number of aromatic nitrogens is 2. The molecule has 9 heteroatoms. The van der Waals surface area contributed by atoms with Crippen molar-refractivity contribution in [2.75, 3.05) is 24.2 Å². The van der Waals surface area contributed by atoms with E-state index in [0.717, 1.165) is 34.0 Å². The van der Waals surface area contributed by atoms with Crippen LogP contribution in [0.1, 0.15) is 32.0 Å². The summed E-state index contributed by atoms with van der Waals surface area (Å²) in [5.41, 5.74) is 2.17. The Bertz CT molecular complexity index is 1180. The first kappa shape index (κ1) is 23.9. The number of likely N-dealkylation sites (N-methyl/N-ethyl adjacent to an activating group) is 1. The van der Waals surface area contributed by atoms with Crippen LogP contribution >= 0.6 is 0 Å². The number of nitrogens with one attached hydrogen (secondary N) is 2. The van der Waals surface area contributed by atoms with E-state index in [1.807, 2.05) is 52.0 Å². The van der Waals surface area contributed by atoms with Crippen molar-refractivity contribution < 1.29 is 18.4 Å². The zero-order valence-electron chi connectivity index (χ0n) is 19.2. The molecular weight excluding hydrogens is 428 g/mol. The van der Waals surface area contributed by atoms with Gasteiger partial charge in [0.25, 0.3) is 0 Å². The molecule has 0 bridgehead atoms.